The van der Waals surface area contributed by atoms with Crippen LogP contribution < -0.4 is 0 Å². The average molecular weight is 600 g/mol. The number of rotatable bonds is 2. The highest BCUT2D eigenvalue weighted by molar-refractivity contribution is 6.32. The summed E-state index contributed by atoms with van der Waals surface area (Å²) in [5.41, 5.74) is 10.8. The lowest BCUT2D eigenvalue weighted by Crippen LogP contribution is -1.98. The molecule has 0 spiro atoms. The standard InChI is InChI=1S/C42H25N5/c1-3-12-26(13-4-1)45-34-19-9-7-16-28(34)30-23-24-36-37(39(30)45)32-22-21-29-31-17-11-25-43-41(31)47-35-20-10-8-18-33(35)44-42(47)38(29)40(32)46(36)27-14-5-2-6-15-27/h1-25H. The van der Waals surface area contributed by atoms with E-state index in [4.69, 9.17) is 9.97 Å². The molecule has 0 amide bonds. The molecule has 0 atom stereocenters. The first kappa shape index (κ1) is 24.8. The third-order valence-electron chi connectivity index (χ3n) is 9.83. The lowest BCUT2D eigenvalue weighted by Gasteiger charge is -2.12. The maximum atomic E-state index is 5.32. The Morgan fingerprint density at radius 2 is 1.00 bits per heavy atom. The second kappa shape index (κ2) is 9.05. The van der Waals surface area contributed by atoms with E-state index in [1.807, 2.05) is 12.3 Å². The van der Waals surface area contributed by atoms with Gasteiger partial charge < -0.3 is 9.13 Å². The van der Waals surface area contributed by atoms with Gasteiger partial charge in [0.05, 0.1) is 38.5 Å². The molecular weight excluding hydrogens is 574 g/mol. The number of benzene rings is 6. The molecule has 0 bridgehead atoms. The summed E-state index contributed by atoms with van der Waals surface area (Å²) in [6.07, 6.45) is 1.88. The van der Waals surface area contributed by atoms with Crippen molar-refractivity contribution in [2.24, 2.45) is 0 Å². The van der Waals surface area contributed by atoms with Gasteiger partial charge in [0.25, 0.3) is 0 Å². The van der Waals surface area contributed by atoms with Crippen molar-refractivity contribution < 1.29 is 0 Å². The summed E-state index contributed by atoms with van der Waals surface area (Å²) in [5.74, 6) is 0. The maximum absolute atomic E-state index is 5.32. The summed E-state index contributed by atoms with van der Waals surface area (Å²) in [7, 11) is 0. The van der Waals surface area contributed by atoms with E-state index >= 15 is 0 Å². The van der Waals surface area contributed by atoms with Crippen LogP contribution in [-0.2, 0) is 0 Å². The van der Waals surface area contributed by atoms with Gasteiger partial charge in [0, 0.05) is 44.5 Å². The summed E-state index contributed by atoms with van der Waals surface area (Å²) in [4.78, 5) is 10.2. The molecule has 0 N–H and O–H groups in total. The van der Waals surface area contributed by atoms with Crippen LogP contribution in [0.5, 0.6) is 0 Å². The molecule has 6 aromatic carbocycles. The van der Waals surface area contributed by atoms with Gasteiger partial charge in [0.15, 0.2) is 0 Å². The fourth-order valence-electron chi connectivity index (χ4n) is 7.98. The zero-order chi connectivity index (χ0) is 30.6. The fraction of sp³-hybridized carbons (Fsp3) is 0. The Kier molecular flexibility index (Phi) is 4.78. The van der Waals surface area contributed by atoms with E-state index in [2.05, 4.69) is 153 Å². The molecule has 5 heterocycles. The third-order valence-corrected chi connectivity index (χ3v) is 9.83. The van der Waals surface area contributed by atoms with Gasteiger partial charge in [-0.25, -0.2) is 9.97 Å². The topological polar surface area (TPSA) is 40.1 Å². The Morgan fingerprint density at radius 3 is 1.81 bits per heavy atom. The van der Waals surface area contributed by atoms with Crippen LogP contribution in [0.25, 0.3) is 93.5 Å². The molecule has 0 aliphatic heterocycles. The number of fused-ring (bicyclic) bond motifs is 16. The molecule has 5 aromatic heterocycles. The van der Waals surface area contributed by atoms with Gasteiger partial charge in [-0.05, 0) is 66.0 Å². The van der Waals surface area contributed by atoms with E-state index in [9.17, 15) is 0 Å². The Hall–Kier alpha value is -6.46. The summed E-state index contributed by atoms with van der Waals surface area (Å²) >= 11 is 0. The number of para-hydroxylation sites is 5. The number of nitrogens with zero attached hydrogens (tertiary/aromatic N) is 5. The van der Waals surface area contributed by atoms with Gasteiger partial charge in [-0.3, -0.25) is 4.40 Å². The second-order valence-electron chi connectivity index (χ2n) is 12.2. The predicted octanol–water partition coefficient (Wildman–Crippen LogP) is 10.4. The van der Waals surface area contributed by atoms with Crippen LogP contribution in [0.1, 0.15) is 0 Å². The van der Waals surface area contributed by atoms with Crippen molar-refractivity contribution in [1.82, 2.24) is 23.5 Å². The second-order valence-corrected chi connectivity index (χ2v) is 12.2. The van der Waals surface area contributed by atoms with Crippen molar-refractivity contribution in [2.75, 3.05) is 0 Å². The number of hydrogen-bond donors (Lipinski definition) is 0. The third kappa shape index (κ3) is 3.17. The molecule has 5 heteroatoms. The Labute approximate surface area is 268 Å². The van der Waals surface area contributed by atoms with Crippen molar-refractivity contribution >= 4 is 82.1 Å². The number of hydrogen-bond acceptors (Lipinski definition) is 2. The molecule has 5 nitrogen and oxygen atoms in total. The number of imidazole rings is 1. The normalized spacial score (nSPS) is 12.3. The van der Waals surface area contributed by atoms with Crippen LogP contribution in [0.2, 0.25) is 0 Å². The Morgan fingerprint density at radius 1 is 0.383 bits per heavy atom. The van der Waals surface area contributed by atoms with Gasteiger partial charge >= 0.3 is 0 Å². The lowest BCUT2D eigenvalue weighted by molar-refractivity contribution is 1.18. The molecular formula is C42H25N5. The lowest BCUT2D eigenvalue weighted by atomic mass is 10.0. The van der Waals surface area contributed by atoms with Gasteiger partial charge in [0.1, 0.15) is 11.3 Å². The fourth-order valence-corrected chi connectivity index (χ4v) is 7.98. The molecule has 0 aliphatic carbocycles. The SMILES string of the molecule is c1ccc(-n2c3ccccc3c3ccc4c(c5ccc6c7cccnc7n7c8ccccc8nc7c6c5n4-c4ccccc4)c32)cc1. The van der Waals surface area contributed by atoms with E-state index in [0.717, 1.165) is 60.9 Å². The zero-order valence-electron chi connectivity index (χ0n) is 25.2. The highest BCUT2D eigenvalue weighted by Crippen LogP contribution is 2.45. The summed E-state index contributed by atoms with van der Waals surface area (Å²) in [5, 5.41) is 8.27. The zero-order valence-corrected chi connectivity index (χ0v) is 25.2. The van der Waals surface area contributed by atoms with E-state index in [-0.39, 0.29) is 0 Å². The molecule has 0 saturated heterocycles. The smallest absolute Gasteiger partial charge is 0.149 e. The highest BCUT2D eigenvalue weighted by Gasteiger charge is 2.24. The van der Waals surface area contributed by atoms with Crippen LogP contribution in [0.3, 0.4) is 0 Å². The molecule has 218 valence electrons. The first-order valence-electron chi connectivity index (χ1n) is 15.9. The Bertz CT molecular complexity index is 3060. The highest BCUT2D eigenvalue weighted by atomic mass is 15.1. The summed E-state index contributed by atoms with van der Waals surface area (Å²) in [6, 6.07) is 52.0. The van der Waals surface area contributed by atoms with Crippen molar-refractivity contribution in [3.05, 3.63) is 152 Å². The minimum absolute atomic E-state index is 0.914. The molecule has 47 heavy (non-hydrogen) atoms. The molecule has 0 fully saturated rings. The van der Waals surface area contributed by atoms with E-state index in [1.54, 1.807) is 0 Å². The van der Waals surface area contributed by atoms with Crippen molar-refractivity contribution in [3.8, 4) is 11.4 Å². The van der Waals surface area contributed by atoms with Crippen LogP contribution in [0, 0.1) is 0 Å². The van der Waals surface area contributed by atoms with E-state index < -0.39 is 0 Å². The van der Waals surface area contributed by atoms with Crippen molar-refractivity contribution in [3.63, 3.8) is 0 Å². The van der Waals surface area contributed by atoms with E-state index in [1.165, 1.54) is 32.6 Å². The van der Waals surface area contributed by atoms with Crippen LogP contribution in [0.15, 0.2) is 152 Å². The van der Waals surface area contributed by atoms with Gasteiger partial charge in [0.2, 0.25) is 0 Å². The van der Waals surface area contributed by atoms with Crippen molar-refractivity contribution in [2.45, 2.75) is 0 Å². The van der Waals surface area contributed by atoms with Crippen LogP contribution >= 0.6 is 0 Å². The van der Waals surface area contributed by atoms with Crippen LogP contribution in [0.4, 0.5) is 0 Å². The molecule has 11 aromatic rings. The predicted molar refractivity (Wildman–Crippen MR) is 194 cm³/mol. The van der Waals surface area contributed by atoms with Crippen LogP contribution in [-0.4, -0.2) is 23.5 Å². The summed E-state index contributed by atoms with van der Waals surface area (Å²) < 4.78 is 7.13. The maximum Gasteiger partial charge on any atom is 0.149 e. The quantitative estimate of drug-likeness (QED) is 0.186. The summed E-state index contributed by atoms with van der Waals surface area (Å²) in [6.45, 7) is 0. The first-order chi connectivity index (χ1) is 23.4. The minimum Gasteiger partial charge on any atom is -0.309 e. The van der Waals surface area contributed by atoms with Crippen molar-refractivity contribution in [1.29, 1.82) is 0 Å². The molecule has 11 rings (SSSR count). The number of aromatic nitrogens is 5. The molecule has 0 aliphatic rings. The molecule has 0 saturated carbocycles. The minimum atomic E-state index is 0.914. The van der Waals surface area contributed by atoms with Gasteiger partial charge in [-0.2, -0.15) is 0 Å². The average Bonchev–Trinajstić information content (AvgIpc) is 3.80. The Balaban J connectivity index is 1.47. The monoisotopic (exact) mass is 599 g/mol. The van der Waals surface area contributed by atoms with Gasteiger partial charge in [-0.1, -0.05) is 84.9 Å². The largest absolute Gasteiger partial charge is 0.309 e. The first-order valence-corrected chi connectivity index (χ1v) is 15.9. The van der Waals surface area contributed by atoms with E-state index in [0.29, 0.717) is 0 Å². The van der Waals surface area contributed by atoms with Gasteiger partial charge in [-0.15, -0.1) is 0 Å². The number of pyridine rings is 2. The molecule has 0 radical (unpaired) electrons. The molecule has 0 unspecified atom stereocenters.